The molecule has 0 saturated carbocycles. The maximum atomic E-state index is 13.5. The van der Waals surface area contributed by atoms with Crippen molar-refractivity contribution >= 4 is 49.9 Å². The Balaban J connectivity index is 1.66. The van der Waals surface area contributed by atoms with E-state index in [2.05, 4.69) is 31.2 Å². The third kappa shape index (κ3) is 5.56. The van der Waals surface area contributed by atoms with Crippen LogP contribution in [0.1, 0.15) is 19.3 Å². The molecule has 1 fully saturated rings. The summed E-state index contributed by atoms with van der Waals surface area (Å²) in [7, 11) is 0. The Hall–Kier alpha value is -2.16. The minimum atomic E-state index is -0.476. The number of anilines is 2. The Morgan fingerprint density at radius 1 is 1.19 bits per heavy atom. The molecule has 31 heavy (non-hydrogen) atoms. The number of hydrogen-bond donors (Lipinski definition) is 1. The lowest BCUT2D eigenvalue weighted by atomic mass is 10.2. The van der Waals surface area contributed by atoms with Crippen molar-refractivity contribution in [3.63, 3.8) is 0 Å². The van der Waals surface area contributed by atoms with E-state index >= 15 is 0 Å². The average molecular weight is 511 g/mol. The number of halogens is 3. The van der Waals surface area contributed by atoms with Crippen LogP contribution in [-0.4, -0.2) is 41.2 Å². The van der Waals surface area contributed by atoms with Gasteiger partial charge in [-0.15, -0.1) is 0 Å². The molecule has 1 aliphatic rings. The Morgan fingerprint density at radius 3 is 2.87 bits per heavy atom. The molecular formula is C22H22BrClFN3O3. The van der Waals surface area contributed by atoms with Crippen molar-refractivity contribution in [2.24, 2.45) is 0 Å². The van der Waals surface area contributed by atoms with Crippen LogP contribution in [0, 0.1) is 5.82 Å². The monoisotopic (exact) mass is 509 g/mol. The maximum absolute atomic E-state index is 13.5. The quantitative estimate of drug-likeness (QED) is 0.286. The van der Waals surface area contributed by atoms with Gasteiger partial charge in [0.25, 0.3) is 0 Å². The number of rotatable bonds is 9. The highest BCUT2D eigenvalue weighted by Gasteiger charge is 2.21. The number of nitrogens with one attached hydrogen (secondary N) is 1. The molecule has 1 aromatic heterocycles. The van der Waals surface area contributed by atoms with E-state index < -0.39 is 5.82 Å². The summed E-state index contributed by atoms with van der Waals surface area (Å²) in [6.45, 7) is 1.81. The molecule has 0 spiro atoms. The van der Waals surface area contributed by atoms with Gasteiger partial charge in [0.1, 0.15) is 24.1 Å². The molecule has 0 radical (unpaired) electrons. The van der Waals surface area contributed by atoms with Gasteiger partial charge in [0.2, 0.25) is 0 Å². The molecule has 0 bridgehead atoms. The molecule has 2 heterocycles. The van der Waals surface area contributed by atoms with E-state index in [1.54, 1.807) is 6.07 Å². The number of unbranched alkanes of at least 4 members (excludes halogenated alkanes) is 1. The topological polar surface area (TPSA) is 65.5 Å². The van der Waals surface area contributed by atoms with Crippen LogP contribution in [0.3, 0.4) is 0 Å². The molecular weight excluding hydrogens is 489 g/mol. The number of benzene rings is 2. The first-order chi connectivity index (χ1) is 15.1. The number of hydrogen-bond acceptors (Lipinski definition) is 6. The first-order valence-corrected chi connectivity index (χ1v) is 11.6. The normalized spacial score (nSPS) is 15.9. The van der Waals surface area contributed by atoms with Crippen molar-refractivity contribution in [3.05, 3.63) is 47.5 Å². The Labute approximate surface area is 193 Å². The zero-order valence-corrected chi connectivity index (χ0v) is 19.1. The summed E-state index contributed by atoms with van der Waals surface area (Å²) in [5.41, 5.74) is 1.32. The minimum absolute atomic E-state index is 0.0284. The van der Waals surface area contributed by atoms with Crippen LogP contribution >= 0.6 is 27.5 Å². The Kier molecular flexibility index (Phi) is 7.42. The van der Waals surface area contributed by atoms with Crippen molar-refractivity contribution in [3.8, 4) is 11.5 Å². The lowest BCUT2D eigenvalue weighted by molar-refractivity contribution is 0.137. The van der Waals surface area contributed by atoms with Gasteiger partial charge in [0.15, 0.2) is 11.5 Å². The summed E-state index contributed by atoms with van der Waals surface area (Å²) >= 11 is 9.35. The highest BCUT2D eigenvalue weighted by molar-refractivity contribution is 9.09. The lowest BCUT2D eigenvalue weighted by Gasteiger charge is -2.18. The third-order valence-corrected chi connectivity index (χ3v) is 5.70. The van der Waals surface area contributed by atoms with Gasteiger partial charge in [-0.05, 0) is 37.1 Å². The summed E-state index contributed by atoms with van der Waals surface area (Å²) in [4.78, 5) is 8.75. The van der Waals surface area contributed by atoms with E-state index in [1.165, 1.54) is 18.5 Å². The third-order valence-electron chi connectivity index (χ3n) is 4.85. The van der Waals surface area contributed by atoms with Gasteiger partial charge in [0, 0.05) is 28.9 Å². The molecule has 1 unspecified atom stereocenters. The van der Waals surface area contributed by atoms with Crippen LogP contribution in [0.4, 0.5) is 15.9 Å². The standard InChI is InChI=1S/C22H22BrClFN3O3/c23-6-1-2-7-30-20-11-19-16(10-21(20)31-15-5-8-29-12-15)22(27-13-26-19)28-14-3-4-18(25)17(24)9-14/h3-4,9-11,13,15H,1-2,5-8,12H2,(H,26,27,28). The highest BCUT2D eigenvalue weighted by Crippen LogP contribution is 2.36. The number of alkyl halides is 1. The van der Waals surface area contributed by atoms with Crippen molar-refractivity contribution in [2.45, 2.75) is 25.4 Å². The van der Waals surface area contributed by atoms with Crippen LogP contribution in [-0.2, 0) is 4.74 Å². The molecule has 6 nitrogen and oxygen atoms in total. The molecule has 1 aliphatic heterocycles. The van der Waals surface area contributed by atoms with Gasteiger partial charge in [-0.2, -0.15) is 0 Å². The van der Waals surface area contributed by atoms with Crippen molar-refractivity contribution in [2.75, 3.05) is 30.5 Å². The lowest BCUT2D eigenvalue weighted by Crippen LogP contribution is -2.16. The molecule has 0 amide bonds. The second kappa shape index (κ2) is 10.4. The van der Waals surface area contributed by atoms with E-state index in [-0.39, 0.29) is 11.1 Å². The Morgan fingerprint density at radius 2 is 2.10 bits per heavy atom. The largest absolute Gasteiger partial charge is 0.490 e. The fraction of sp³-hybridized carbons (Fsp3) is 0.364. The number of ether oxygens (including phenoxy) is 3. The highest BCUT2D eigenvalue weighted by atomic mass is 79.9. The molecule has 1 N–H and O–H groups in total. The molecule has 9 heteroatoms. The fourth-order valence-electron chi connectivity index (χ4n) is 3.24. The predicted molar refractivity (Wildman–Crippen MR) is 123 cm³/mol. The summed E-state index contributed by atoms with van der Waals surface area (Å²) in [5, 5.41) is 4.91. The summed E-state index contributed by atoms with van der Waals surface area (Å²) in [5.74, 6) is 1.35. The summed E-state index contributed by atoms with van der Waals surface area (Å²) in [6, 6.07) is 8.16. The van der Waals surface area contributed by atoms with Crippen LogP contribution in [0.2, 0.25) is 5.02 Å². The van der Waals surface area contributed by atoms with Crippen molar-refractivity contribution in [1.82, 2.24) is 9.97 Å². The molecule has 0 aliphatic carbocycles. The van der Waals surface area contributed by atoms with Gasteiger partial charge in [-0.25, -0.2) is 14.4 Å². The average Bonchev–Trinajstić information content (AvgIpc) is 3.27. The van der Waals surface area contributed by atoms with Crippen LogP contribution in [0.25, 0.3) is 10.9 Å². The second-order valence-corrected chi connectivity index (χ2v) is 8.34. The van der Waals surface area contributed by atoms with Crippen LogP contribution in [0.5, 0.6) is 11.5 Å². The van der Waals surface area contributed by atoms with E-state index in [9.17, 15) is 4.39 Å². The van der Waals surface area contributed by atoms with E-state index in [1.807, 2.05) is 12.1 Å². The molecule has 3 aromatic rings. The first kappa shape index (κ1) is 22.0. The van der Waals surface area contributed by atoms with E-state index in [4.69, 9.17) is 25.8 Å². The second-order valence-electron chi connectivity index (χ2n) is 7.14. The van der Waals surface area contributed by atoms with E-state index in [0.717, 1.165) is 30.0 Å². The summed E-state index contributed by atoms with van der Waals surface area (Å²) in [6.07, 6.45) is 4.22. The smallest absolute Gasteiger partial charge is 0.163 e. The van der Waals surface area contributed by atoms with E-state index in [0.29, 0.717) is 48.3 Å². The molecule has 4 rings (SSSR count). The number of fused-ring (bicyclic) bond motifs is 1. The zero-order valence-electron chi connectivity index (χ0n) is 16.7. The van der Waals surface area contributed by atoms with Gasteiger partial charge >= 0.3 is 0 Å². The van der Waals surface area contributed by atoms with Crippen LogP contribution in [0.15, 0.2) is 36.7 Å². The van der Waals surface area contributed by atoms with Gasteiger partial charge in [-0.3, -0.25) is 0 Å². The fourth-order valence-corrected chi connectivity index (χ4v) is 3.82. The minimum Gasteiger partial charge on any atom is -0.490 e. The molecule has 1 atom stereocenters. The van der Waals surface area contributed by atoms with Crippen LogP contribution < -0.4 is 14.8 Å². The maximum Gasteiger partial charge on any atom is 0.163 e. The van der Waals surface area contributed by atoms with Gasteiger partial charge in [-0.1, -0.05) is 27.5 Å². The van der Waals surface area contributed by atoms with Gasteiger partial charge < -0.3 is 19.5 Å². The number of aromatic nitrogens is 2. The summed E-state index contributed by atoms with van der Waals surface area (Å²) < 4.78 is 31.2. The molecule has 1 saturated heterocycles. The zero-order chi connectivity index (χ0) is 21.6. The molecule has 2 aromatic carbocycles. The van der Waals surface area contributed by atoms with Crippen molar-refractivity contribution in [1.29, 1.82) is 0 Å². The van der Waals surface area contributed by atoms with Gasteiger partial charge in [0.05, 0.1) is 30.4 Å². The first-order valence-electron chi connectivity index (χ1n) is 10.1. The van der Waals surface area contributed by atoms with Crippen molar-refractivity contribution < 1.29 is 18.6 Å². The SMILES string of the molecule is Fc1ccc(Nc2ncnc3cc(OCCCCBr)c(OC4CCOC4)cc23)cc1Cl. The number of nitrogens with zero attached hydrogens (tertiary/aromatic N) is 2. The predicted octanol–water partition coefficient (Wildman–Crippen LogP) is 5.89. The Bertz CT molecular complexity index is 1050. The molecule has 164 valence electrons.